The standard InChI is InChI=1S/C22H25NO3/c1-2-23(16-18-10-5-3-6-11-18)20(24)17-26-21(25)22(14-9-15-22)19-12-7-4-8-13-19/h3-8,10-13H,2,9,14-17H2,1H3. The summed E-state index contributed by atoms with van der Waals surface area (Å²) in [6.45, 7) is 2.83. The molecule has 0 N–H and O–H groups in total. The average Bonchev–Trinajstić information content (AvgIpc) is 2.65. The quantitative estimate of drug-likeness (QED) is 0.715. The smallest absolute Gasteiger partial charge is 0.317 e. The fraction of sp³-hybridized carbons (Fsp3) is 0.364. The molecule has 1 amide bonds. The molecular weight excluding hydrogens is 326 g/mol. The van der Waals surface area contributed by atoms with E-state index in [-0.39, 0.29) is 18.5 Å². The zero-order chi connectivity index (χ0) is 18.4. The molecule has 0 atom stereocenters. The van der Waals surface area contributed by atoms with Crippen LogP contribution in [-0.4, -0.2) is 29.9 Å². The maximum Gasteiger partial charge on any atom is 0.317 e. The van der Waals surface area contributed by atoms with Gasteiger partial charge in [-0.1, -0.05) is 67.1 Å². The maximum atomic E-state index is 12.7. The molecule has 0 heterocycles. The summed E-state index contributed by atoms with van der Waals surface area (Å²) in [7, 11) is 0. The van der Waals surface area contributed by atoms with Gasteiger partial charge >= 0.3 is 5.97 Å². The van der Waals surface area contributed by atoms with E-state index in [1.165, 1.54) is 0 Å². The van der Waals surface area contributed by atoms with Gasteiger partial charge in [-0.15, -0.1) is 0 Å². The lowest BCUT2D eigenvalue weighted by atomic mass is 9.64. The van der Waals surface area contributed by atoms with Crippen LogP contribution < -0.4 is 0 Å². The lowest BCUT2D eigenvalue weighted by Crippen LogP contribution is -2.45. The van der Waals surface area contributed by atoms with Crippen molar-refractivity contribution in [3.8, 4) is 0 Å². The highest BCUT2D eigenvalue weighted by Crippen LogP contribution is 2.44. The highest BCUT2D eigenvalue weighted by molar-refractivity contribution is 5.87. The van der Waals surface area contributed by atoms with Crippen LogP contribution in [0.5, 0.6) is 0 Å². The molecule has 1 saturated carbocycles. The Kier molecular flexibility index (Phi) is 5.71. The third kappa shape index (κ3) is 3.79. The van der Waals surface area contributed by atoms with E-state index >= 15 is 0 Å². The second kappa shape index (κ2) is 8.17. The second-order valence-electron chi connectivity index (χ2n) is 6.77. The molecule has 4 heteroatoms. The summed E-state index contributed by atoms with van der Waals surface area (Å²) in [4.78, 5) is 26.9. The number of rotatable bonds is 7. The van der Waals surface area contributed by atoms with E-state index in [1.807, 2.05) is 67.6 Å². The molecule has 0 saturated heterocycles. The molecule has 26 heavy (non-hydrogen) atoms. The van der Waals surface area contributed by atoms with Gasteiger partial charge in [0, 0.05) is 13.1 Å². The van der Waals surface area contributed by atoms with Crippen molar-refractivity contribution in [3.63, 3.8) is 0 Å². The van der Waals surface area contributed by atoms with Gasteiger partial charge in [0.25, 0.3) is 5.91 Å². The fourth-order valence-electron chi connectivity index (χ4n) is 3.44. The zero-order valence-corrected chi connectivity index (χ0v) is 15.2. The van der Waals surface area contributed by atoms with Crippen molar-refractivity contribution in [3.05, 3.63) is 71.8 Å². The average molecular weight is 351 g/mol. The third-order valence-corrected chi connectivity index (χ3v) is 5.20. The van der Waals surface area contributed by atoms with Crippen LogP contribution in [0.15, 0.2) is 60.7 Å². The summed E-state index contributed by atoms with van der Waals surface area (Å²) in [5.74, 6) is -0.439. The lowest BCUT2D eigenvalue weighted by Gasteiger charge is -2.39. The summed E-state index contributed by atoms with van der Waals surface area (Å²) >= 11 is 0. The van der Waals surface area contributed by atoms with Gasteiger partial charge in [-0.2, -0.15) is 0 Å². The Morgan fingerprint density at radius 3 is 2.15 bits per heavy atom. The van der Waals surface area contributed by atoms with E-state index in [9.17, 15) is 9.59 Å². The first-order chi connectivity index (χ1) is 12.7. The van der Waals surface area contributed by atoms with Crippen LogP contribution >= 0.6 is 0 Å². The second-order valence-corrected chi connectivity index (χ2v) is 6.77. The van der Waals surface area contributed by atoms with E-state index in [0.717, 1.165) is 30.4 Å². The highest BCUT2D eigenvalue weighted by Gasteiger charge is 2.47. The number of hydrogen-bond acceptors (Lipinski definition) is 3. The Labute approximate surface area is 154 Å². The SMILES string of the molecule is CCN(Cc1ccccc1)C(=O)COC(=O)C1(c2ccccc2)CCC1. The Balaban J connectivity index is 1.60. The number of carbonyl (C=O) groups is 2. The van der Waals surface area contributed by atoms with E-state index in [0.29, 0.717) is 13.1 Å². The minimum absolute atomic E-state index is 0.160. The molecular formula is C22H25NO3. The largest absolute Gasteiger partial charge is 0.455 e. The van der Waals surface area contributed by atoms with Crippen LogP contribution in [-0.2, 0) is 26.3 Å². The zero-order valence-electron chi connectivity index (χ0n) is 15.2. The van der Waals surface area contributed by atoms with Crippen LogP contribution in [0.2, 0.25) is 0 Å². The Morgan fingerprint density at radius 1 is 1.00 bits per heavy atom. The molecule has 2 aromatic rings. The Hall–Kier alpha value is -2.62. The van der Waals surface area contributed by atoms with Crippen molar-refractivity contribution in [2.45, 2.75) is 38.1 Å². The first-order valence-corrected chi connectivity index (χ1v) is 9.20. The maximum absolute atomic E-state index is 12.7. The molecule has 2 aromatic carbocycles. The third-order valence-electron chi connectivity index (χ3n) is 5.20. The van der Waals surface area contributed by atoms with Gasteiger partial charge in [-0.05, 0) is 30.9 Å². The number of likely N-dealkylation sites (N-methyl/N-ethyl adjacent to an activating group) is 1. The number of nitrogens with zero attached hydrogens (tertiary/aromatic N) is 1. The van der Waals surface area contributed by atoms with E-state index in [2.05, 4.69) is 0 Å². The molecule has 0 unspecified atom stereocenters. The van der Waals surface area contributed by atoms with E-state index in [4.69, 9.17) is 4.74 Å². The van der Waals surface area contributed by atoms with Gasteiger partial charge in [-0.3, -0.25) is 9.59 Å². The molecule has 1 aliphatic carbocycles. The first-order valence-electron chi connectivity index (χ1n) is 9.20. The van der Waals surface area contributed by atoms with Crippen LogP contribution in [0.25, 0.3) is 0 Å². The minimum atomic E-state index is -0.571. The molecule has 3 rings (SSSR count). The summed E-state index contributed by atoms with van der Waals surface area (Å²) in [6, 6.07) is 19.6. The summed E-state index contributed by atoms with van der Waals surface area (Å²) < 4.78 is 5.46. The number of amides is 1. The molecule has 1 aliphatic rings. The molecule has 0 aliphatic heterocycles. The number of esters is 1. The molecule has 0 radical (unpaired) electrons. The van der Waals surface area contributed by atoms with Crippen molar-refractivity contribution in [2.24, 2.45) is 0 Å². The topological polar surface area (TPSA) is 46.6 Å². The van der Waals surface area contributed by atoms with Crippen LogP contribution in [0.3, 0.4) is 0 Å². The van der Waals surface area contributed by atoms with E-state index < -0.39 is 5.41 Å². The number of benzene rings is 2. The summed E-state index contributed by atoms with van der Waals surface area (Å²) in [5, 5.41) is 0. The van der Waals surface area contributed by atoms with Crippen molar-refractivity contribution in [2.75, 3.05) is 13.2 Å². The predicted octanol–water partition coefficient (Wildman–Crippen LogP) is 3.70. The molecule has 1 fully saturated rings. The Bertz CT molecular complexity index is 738. The first kappa shape index (κ1) is 18.2. The van der Waals surface area contributed by atoms with Gasteiger partial charge in [0.15, 0.2) is 6.61 Å². The summed E-state index contributed by atoms with van der Waals surface area (Å²) in [5.41, 5.74) is 1.48. The van der Waals surface area contributed by atoms with Gasteiger partial charge in [0.05, 0.1) is 5.41 Å². The van der Waals surface area contributed by atoms with Gasteiger partial charge in [-0.25, -0.2) is 0 Å². The van der Waals surface area contributed by atoms with Gasteiger partial charge in [0.1, 0.15) is 0 Å². The highest BCUT2D eigenvalue weighted by atomic mass is 16.5. The van der Waals surface area contributed by atoms with Gasteiger partial charge < -0.3 is 9.64 Å². The monoisotopic (exact) mass is 351 g/mol. The minimum Gasteiger partial charge on any atom is -0.455 e. The number of carbonyl (C=O) groups excluding carboxylic acids is 2. The Morgan fingerprint density at radius 2 is 1.62 bits per heavy atom. The van der Waals surface area contributed by atoms with Crippen molar-refractivity contribution >= 4 is 11.9 Å². The predicted molar refractivity (Wildman–Crippen MR) is 100 cm³/mol. The van der Waals surface area contributed by atoms with E-state index in [1.54, 1.807) is 4.90 Å². The van der Waals surface area contributed by atoms with Gasteiger partial charge in [0.2, 0.25) is 0 Å². The van der Waals surface area contributed by atoms with Crippen molar-refractivity contribution in [1.82, 2.24) is 4.90 Å². The van der Waals surface area contributed by atoms with Crippen molar-refractivity contribution in [1.29, 1.82) is 0 Å². The van der Waals surface area contributed by atoms with Crippen LogP contribution in [0, 0.1) is 0 Å². The molecule has 136 valence electrons. The lowest BCUT2D eigenvalue weighted by molar-refractivity contribution is -0.160. The van der Waals surface area contributed by atoms with Crippen LogP contribution in [0.1, 0.15) is 37.3 Å². The molecule has 4 nitrogen and oxygen atoms in total. The van der Waals surface area contributed by atoms with Crippen molar-refractivity contribution < 1.29 is 14.3 Å². The number of hydrogen-bond donors (Lipinski definition) is 0. The fourth-order valence-corrected chi connectivity index (χ4v) is 3.44. The summed E-state index contributed by atoms with van der Waals surface area (Å²) in [6.07, 6.45) is 2.57. The normalized spacial score (nSPS) is 15.0. The molecule has 0 spiro atoms. The van der Waals surface area contributed by atoms with Crippen LogP contribution in [0.4, 0.5) is 0 Å². The molecule has 0 aromatic heterocycles. The number of ether oxygens (including phenoxy) is 1. The molecule has 0 bridgehead atoms.